The molecular weight excluding hydrogens is 196 g/mol. The van der Waals surface area contributed by atoms with Gasteiger partial charge in [0.25, 0.3) is 0 Å². The molecule has 1 aliphatic rings. The Morgan fingerprint density at radius 3 is 2.38 bits per heavy atom. The van der Waals surface area contributed by atoms with Crippen LogP contribution in [0.25, 0.3) is 0 Å². The Morgan fingerprint density at radius 1 is 1.25 bits per heavy atom. The van der Waals surface area contributed by atoms with Gasteiger partial charge in [0, 0.05) is 24.1 Å². The van der Waals surface area contributed by atoms with E-state index in [0.29, 0.717) is 6.42 Å². The molecule has 1 N–H and O–H groups in total. The highest BCUT2D eigenvalue weighted by Gasteiger charge is 2.42. The largest absolute Gasteiger partial charge is 0.384 e. The van der Waals surface area contributed by atoms with Crippen molar-refractivity contribution in [2.24, 2.45) is 5.41 Å². The molecule has 2 nitrogen and oxygen atoms in total. The van der Waals surface area contributed by atoms with Gasteiger partial charge in [-0.15, -0.1) is 0 Å². The SMILES string of the molecule is Cc1cc(C)cc(NCC2(CC#N)CC2)c1. The van der Waals surface area contributed by atoms with Crippen LogP contribution in [0.1, 0.15) is 30.4 Å². The summed E-state index contributed by atoms with van der Waals surface area (Å²) in [6.07, 6.45) is 3.07. The second kappa shape index (κ2) is 4.17. The summed E-state index contributed by atoms with van der Waals surface area (Å²) in [6.45, 7) is 5.16. The Balaban J connectivity index is 1.97. The molecule has 2 rings (SSSR count). The summed E-state index contributed by atoms with van der Waals surface area (Å²) in [5.74, 6) is 0. The van der Waals surface area contributed by atoms with Gasteiger partial charge in [-0.1, -0.05) is 6.07 Å². The average Bonchev–Trinajstić information content (AvgIpc) is 2.95. The molecule has 0 spiro atoms. The molecular formula is C14H18N2. The van der Waals surface area contributed by atoms with Crippen LogP contribution in [0.5, 0.6) is 0 Å². The van der Waals surface area contributed by atoms with Crippen LogP contribution in [0.4, 0.5) is 5.69 Å². The van der Waals surface area contributed by atoms with Crippen LogP contribution in [0.15, 0.2) is 18.2 Å². The van der Waals surface area contributed by atoms with E-state index in [1.165, 1.54) is 29.7 Å². The van der Waals surface area contributed by atoms with Crippen LogP contribution in [0.3, 0.4) is 0 Å². The highest BCUT2D eigenvalue weighted by atomic mass is 14.9. The lowest BCUT2D eigenvalue weighted by Gasteiger charge is -2.14. The second-order valence-electron chi connectivity index (χ2n) is 5.06. The minimum absolute atomic E-state index is 0.270. The van der Waals surface area contributed by atoms with Crippen molar-refractivity contribution in [3.63, 3.8) is 0 Å². The molecule has 1 aliphatic carbocycles. The summed E-state index contributed by atoms with van der Waals surface area (Å²) in [5.41, 5.74) is 4.02. The fraction of sp³-hybridized carbons (Fsp3) is 0.500. The average molecular weight is 214 g/mol. The van der Waals surface area contributed by atoms with Crippen LogP contribution in [0.2, 0.25) is 0 Å². The van der Waals surface area contributed by atoms with E-state index in [0.717, 1.165) is 6.54 Å². The molecule has 0 unspecified atom stereocenters. The first-order valence-electron chi connectivity index (χ1n) is 5.83. The predicted molar refractivity (Wildman–Crippen MR) is 66.3 cm³/mol. The van der Waals surface area contributed by atoms with Gasteiger partial charge in [-0.25, -0.2) is 0 Å². The highest BCUT2D eigenvalue weighted by molar-refractivity contribution is 5.48. The zero-order valence-electron chi connectivity index (χ0n) is 10.0. The molecule has 0 atom stereocenters. The Bertz CT molecular complexity index is 405. The van der Waals surface area contributed by atoms with Crippen molar-refractivity contribution in [2.75, 3.05) is 11.9 Å². The number of anilines is 1. The third-order valence-corrected chi connectivity index (χ3v) is 3.30. The van der Waals surface area contributed by atoms with E-state index in [2.05, 4.69) is 43.4 Å². The monoisotopic (exact) mass is 214 g/mol. The number of hydrogen-bond acceptors (Lipinski definition) is 2. The fourth-order valence-electron chi connectivity index (χ4n) is 2.13. The van der Waals surface area contributed by atoms with E-state index in [4.69, 9.17) is 5.26 Å². The summed E-state index contributed by atoms with van der Waals surface area (Å²) < 4.78 is 0. The van der Waals surface area contributed by atoms with Crippen molar-refractivity contribution in [3.05, 3.63) is 29.3 Å². The number of aryl methyl sites for hydroxylation is 2. The summed E-state index contributed by atoms with van der Waals surface area (Å²) in [6, 6.07) is 8.79. The minimum atomic E-state index is 0.270. The van der Waals surface area contributed by atoms with E-state index >= 15 is 0 Å². The Labute approximate surface area is 97.3 Å². The summed E-state index contributed by atoms with van der Waals surface area (Å²) in [7, 11) is 0. The molecule has 0 amide bonds. The lowest BCUT2D eigenvalue weighted by Crippen LogP contribution is -2.14. The lowest BCUT2D eigenvalue weighted by atomic mass is 10.0. The standard InChI is InChI=1S/C14H18N2/c1-11-7-12(2)9-13(8-11)16-10-14(3-4-14)5-6-15/h7-9,16H,3-5,10H2,1-2H3. The topological polar surface area (TPSA) is 35.8 Å². The van der Waals surface area contributed by atoms with Gasteiger partial charge in [0.1, 0.15) is 0 Å². The van der Waals surface area contributed by atoms with Crippen molar-refractivity contribution in [2.45, 2.75) is 33.1 Å². The molecule has 1 saturated carbocycles. The number of nitriles is 1. The maximum Gasteiger partial charge on any atom is 0.0628 e. The Morgan fingerprint density at radius 2 is 1.88 bits per heavy atom. The molecule has 0 saturated heterocycles. The van der Waals surface area contributed by atoms with Gasteiger partial charge in [-0.3, -0.25) is 0 Å². The zero-order chi connectivity index (χ0) is 11.6. The molecule has 0 radical (unpaired) electrons. The fourth-order valence-corrected chi connectivity index (χ4v) is 2.13. The summed E-state index contributed by atoms with van der Waals surface area (Å²) >= 11 is 0. The van der Waals surface area contributed by atoms with Crippen molar-refractivity contribution in [1.82, 2.24) is 0 Å². The van der Waals surface area contributed by atoms with Gasteiger partial charge < -0.3 is 5.32 Å². The molecule has 0 aromatic heterocycles. The van der Waals surface area contributed by atoms with E-state index < -0.39 is 0 Å². The van der Waals surface area contributed by atoms with Crippen molar-refractivity contribution in [3.8, 4) is 6.07 Å². The Kier molecular flexibility index (Phi) is 2.87. The molecule has 1 aromatic carbocycles. The molecule has 1 aromatic rings. The number of rotatable bonds is 4. The highest BCUT2D eigenvalue weighted by Crippen LogP contribution is 2.48. The van der Waals surface area contributed by atoms with Gasteiger partial charge in [-0.05, 0) is 49.9 Å². The first-order chi connectivity index (χ1) is 7.63. The number of nitrogens with zero attached hydrogens (tertiary/aromatic N) is 1. The van der Waals surface area contributed by atoms with E-state index in [-0.39, 0.29) is 5.41 Å². The lowest BCUT2D eigenvalue weighted by molar-refractivity contribution is 0.557. The van der Waals surface area contributed by atoms with Gasteiger partial charge in [0.2, 0.25) is 0 Å². The van der Waals surface area contributed by atoms with E-state index in [1.54, 1.807) is 0 Å². The normalized spacial score (nSPS) is 16.6. The third-order valence-electron chi connectivity index (χ3n) is 3.30. The molecule has 1 fully saturated rings. The maximum atomic E-state index is 8.75. The quantitative estimate of drug-likeness (QED) is 0.833. The van der Waals surface area contributed by atoms with Crippen molar-refractivity contribution >= 4 is 5.69 Å². The van der Waals surface area contributed by atoms with E-state index in [9.17, 15) is 0 Å². The van der Waals surface area contributed by atoms with Gasteiger partial charge in [0.05, 0.1) is 6.07 Å². The van der Waals surface area contributed by atoms with Gasteiger partial charge in [0.15, 0.2) is 0 Å². The molecule has 0 bridgehead atoms. The third kappa shape index (κ3) is 2.55. The maximum absolute atomic E-state index is 8.75. The first-order valence-corrected chi connectivity index (χ1v) is 5.83. The molecule has 0 heterocycles. The van der Waals surface area contributed by atoms with Crippen molar-refractivity contribution in [1.29, 1.82) is 5.26 Å². The summed E-state index contributed by atoms with van der Waals surface area (Å²) in [5, 5.41) is 12.2. The number of hydrogen-bond donors (Lipinski definition) is 1. The zero-order valence-corrected chi connectivity index (χ0v) is 10.0. The van der Waals surface area contributed by atoms with Gasteiger partial charge in [-0.2, -0.15) is 5.26 Å². The summed E-state index contributed by atoms with van der Waals surface area (Å²) in [4.78, 5) is 0. The van der Waals surface area contributed by atoms with Crippen LogP contribution in [-0.2, 0) is 0 Å². The first kappa shape index (κ1) is 11.0. The van der Waals surface area contributed by atoms with Crippen LogP contribution in [-0.4, -0.2) is 6.54 Å². The van der Waals surface area contributed by atoms with E-state index in [1.807, 2.05) is 0 Å². The van der Waals surface area contributed by atoms with Crippen LogP contribution >= 0.6 is 0 Å². The second-order valence-corrected chi connectivity index (χ2v) is 5.06. The minimum Gasteiger partial charge on any atom is -0.384 e. The van der Waals surface area contributed by atoms with Gasteiger partial charge >= 0.3 is 0 Å². The Hall–Kier alpha value is -1.49. The van der Waals surface area contributed by atoms with Crippen LogP contribution in [0, 0.1) is 30.6 Å². The molecule has 0 aliphatic heterocycles. The van der Waals surface area contributed by atoms with Crippen molar-refractivity contribution < 1.29 is 0 Å². The molecule has 2 heteroatoms. The number of nitrogens with one attached hydrogen (secondary N) is 1. The molecule has 16 heavy (non-hydrogen) atoms. The predicted octanol–water partition coefficient (Wildman–Crippen LogP) is 3.41. The number of benzene rings is 1. The van der Waals surface area contributed by atoms with Crippen LogP contribution < -0.4 is 5.32 Å². The molecule has 84 valence electrons. The smallest absolute Gasteiger partial charge is 0.0628 e.